The van der Waals surface area contributed by atoms with Crippen molar-refractivity contribution in [3.05, 3.63) is 0 Å². The molecule has 1 aliphatic rings. The largest absolute Gasteiger partial charge is 0.462 e. The van der Waals surface area contributed by atoms with Gasteiger partial charge in [-0.15, -0.1) is 0 Å². The van der Waals surface area contributed by atoms with Crippen molar-refractivity contribution in [2.45, 2.75) is 64.9 Å². The van der Waals surface area contributed by atoms with E-state index < -0.39 is 0 Å². The molecule has 0 bridgehead atoms. The predicted octanol–water partition coefficient (Wildman–Crippen LogP) is 3.30. The first kappa shape index (κ1) is 11.5. The average molecular weight is 198 g/mol. The first-order chi connectivity index (χ1) is 6.68. The van der Waals surface area contributed by atoms with Crippen LogP contribution in [0, 0.1) is 5.92 Å². The summed E-state index contributed by atoms with van der Waals surface area (Å²) in [5.74, 6) is 0.772. The second-order valence-electron chi connectivity index (χ2n) is 4.68. The molecule has 2 nitrogen and oxygen atoms in total. The van der Waals surface area contributed by atoms with Crippen LogP contribution in [0.5, 0.6) is 0 Å². The van der Waals surface area contributed by atoms with Crippen LogP contribution in [-0.2, 0) is 9.53 Å². The van der Waals surface area contributed by atoms with Gasteiger partial charge >= 0.3 is 5.97 Å². The second-order valence-corrected chi connectivity index (χ2v) is 4.68. The summed E-state index contributed by atoms with van der Waals surface area (Å²) in [6.45, 7) is 4.47. The van der Waals surface area contributed by atoms with Crippen molar-refractivity contribution in [3.63, 3.8) is 0 Å². The highest BCUT2D eigenvalue weighted by Crippen LogP contribution is 2.19. The molecular formula is C12H22O2. The Bertz CT molecular complexity index is 175. The van der Waals surface area contributed by atoms with Crippen LogP contribution in [0.3, 0.4) is 0 Å². The van der Waals surface area contributed by atoms with E-state index in [0.29, 0.717) is 6.42 Å². The minimum Gasteiger partial charge on any atom is -0.462 e. The van der Waals surface area contributed by atoms with E-state index in [1.54, 1.807) is 0 Å². The number of hydrogen-bond donors (Lipinski definition) is 0. The van der Waals surface area contributed by atoms with Gasteiger partial charge in [-0.2, -0.15) is 0 Å². The summed E-state index contributed by atoms with van der Waals surface area (Å²) in [5, 5.41) is 0. The summed E-state index contributed by atoms with van der Waals surface area (Å²) in [6.07, 6.45) is 7.57. The van der Waals surface area contributed by atoms with E-state index >= 15 is 0 Å². The van der Waals surface area contributed by atoms with Crippen LogP contribution in [0.25, 0.3) is 0 Å². The summed E-state index contributed by atoms with van der Waals surface area (Å²) in [5.41, 5.74) is 0. The minimum atomic E-state index is 0.0112. The molecule has 82 valence electrons. The highest BCUT2D eigenvalue weighted by Gasteiger charge is 2.17. The molecule has 1 atom stereocenters. The molecule has 0 aromatic heterocycles. The summed E-state index contributed by atoms with van der Waals surface area (Å²) in [4.78, 5) is 11.2. The first-order valence-corrected chi connectivity index (χ1v) is 5.88. The lowest BCUT2D eigenvalue weighted by atomic mass is 10.0. The van der Waals surface area contributed by atoms with E-state index in [0.717, 1.165) is 31.6 Å². The molecule has 1 heterocycles. The molecule has 0 unspecified atom stereocenters. The highest BCUT2D eigenvalue weighted by atomic mass is 16.5. The van der Waals surface area contributed by atoms with Gasteiger partial charge in [-0.05, 0) is 38.0 Å². The van der Waals surface area contributed by atoms with Crippen molar-refractivity contribution in [3.8, 4) is 0 Å². The molecule has 14 heavy (non-hydrogen) atoms. The molecular weight excluding hydrogens is 176 g/mol. The summed E-state index contributed by atoms with van der Waals surface area (Å²) in [7, 11) is 0. The van der Waals surface area contributed by atoms with Crippen LogP contribution in [0.1, 0.15) is 58.8 Å². The number of cyclic esters (lactones) is 1. The van der Waals surface area contributed by atoms with Gasteiger partial charge in [0.25, 0.3) is 0 Å². The standard InChI is InChI=1S/C12H22O2/c1-10(2)6-5-8-11-7-3-4-9-12(13)14-11/h10-11H,3-9H2,1-2H3/t11-/m1/s1. The Labute approximate surface area is 87.0 Å². The Hall–Kier alpha value is -0.530. The Morgan fingerprint density at radius 1 is 1.43 bits per heavy atom. The normalized spacial score (nSPS) is 23.4. The van der Waals surface area contributed by atoms with Crippen molar-refractivity contribution >= 4 is 5.97 Å². The third-order valence-electron chi connectivity index (χ3n) is 2.76. The lowest BCUT2D eigenvalue weighted by Crippen LogP contribution is -2.15. The van der Waals surface area contributed by atoms with Gasteiger partial charge in [-0.1, -0.05) is 20.3 Å². The van der Waals surface area contributed by atoms with Crippen molar-refractivity contribution in [1.29, 1.82) is 0 Å². The van der Waals surface area contributed by atoms with Crippen molar-refractivity contribution in [2.24, 2.45) is 5.92 Å². The molecule has 1 saturated heterocycles. The predicted molar refractivity (Wildman–Crippen MR) is 57.0 cm³/mol. The molecule has 1 rings (SSSR count). The molecule has 0 aromatic rings. The lowest BCUT2D eigenvalue weighted by Gasteiger charge is -2.15. The zero-order chi connectivity index (χ0) is 10.4. The van der Waals surface area contributed by atoms with Crippen LogP contribution in [0.15, 0.2) is 0 Å². The van der Waals surface area contributed by atoms with E-state index in [4.69, 9.17) is 4.74 Å². The van der Waals surface area contributed by atoms with Gasteiger partial charge in [-0.3, -0.25) is 4.79 Å². The van der Waals surface area contributed by atoms with Crippen molar-refractivity contribution in [1.82, 2.24) is 0 Å². The van der Waals surface area contributed by atoms with Crippen molar-refractivity contribution < 1.29 is 9.53 Å². The molecule has 0 saturated carbocycles. The summed E-state index contributed by atoms with van der Waals surface area (Å²) < 4.78 is 5.35. The number of carbonyl (C=O) groups is 1. The van der Waals surface area contributed by atoms with Crippen LogP contribution < -0.4 is 0 Å². The van der Waals surface area contributed by atoms with Gasteiger partial charge < -0.3 is 4.74 Å². The van der Waals surface area contributed by atoms with E-state index in [9.17, 15) is 4.79 Å². The Morgan fingerprint density at radius 3 is 2.93 bits per heavy atom. The monoisotopic (exact) mass is 198 g/mol. The average Bonchev–Trinajstić information content (AvgIpc) is 2.29. The number of carbonyl (C=O) groups excluding carboxylic acids is 1. The fourth-order valence-electron chi connectivity index (χ4n) is 1.90. The minimum absolute atomic E-state index is 0.0112. The second kappa shape index (κ2) is 6.05. The summed E-state index contributed by atoms with van der Waals surface area (Å²) >= 11 is 0. The van der Waals surface area contributed by atoms with Crippen molar-refractivity contribution in [2.75, 3.05) is 0 Å². The van der Waals surface area contributed by atoms with Crippen LogP contribution in [0.2, 0.25) is 0 Å². The summed E-state index contributed by atoms with van der Waals surface area (Å²) in [6, 6.07) is 0. The molecule has 1 fully saturated rings. The molecule has 0 spiro atoms. The topological polar surface area (TPSA) is 26.3 Å². The zero-order valence-corrected chi connectivity index (χ0v) is 9.42. The maximum absolute atomic E-state index is 11.2. The maximum Gasteiger partial charge on any atom is 0.306 e. The first-order valence-electron chi connectivity index (χ1n) is 5.88. The molecule has 0 aliphatic carbocycles. The van der Waals surface area contributed by atoms with Gasteiger partial charge in [0, 0.05) is 6.42 Å². The Kier molecular flexibility index (Phi) is 4.99. The lowest BCUT2D eigenvalue weighted by molar-refractivity contribution is -0.148. The van der Waals surface area contributed by atoms with Gasteiger partial charge in [-0.25, -0.2) is 0 Å². The SMILES string of the molecule is CC(C)CCC[C@H]1CCCCC(=O)O1. The quantitative estimate of drug-likeness (QED) is 0.648. The molecule has 0 aromatic carbocycles. The highest BCUT2D eigenvalue weighted by molar-refractivity contribution is 5.69. The molecule has 1 aliphatic heterocycles. The fourth-order valence-corrected chi connectivity index (χ4v) is 1.90. The van der Waals surface area contributed by atoms with Gasteiger partial charge in [0.2, 0.25) is 0 Å². The van der Waals surface area contributed by atoms with Crippen LogP contribution >= 0.6 is 0 Å². The maximum atomic E-state index is 11.2. The van der Waals surface area contributed by atoms with Crippen LogP contribution in [-0.4, -0.2) is 12.1 Å². The molecule has 2 heteroatoms. The number of hydrogen-bond acceptors (Lipinski definition) is 2. The molecule has 0 N–H and O–H groups in total. The fraction of sp³-hybridized carbons (Fsp3) is 0.917. The van der Waals surface area contributed by atoms with E-state index in [2.05, 4.69) is 13.8 Å². The Balaban J connectivity index is 2.18. The number of esters is 1. The molecule has 0 amide bonds. The smallest absolute Gasteiger partial charge is 0.306 e. The third kappa shape index (κ3) is 4.64. The van der Waals surface area contributed by atoms with Crippen LogP contribution in [0.4, 0.5) is 0 Å². The zero-order valence-electron chi connectivity index (χ0n) is 9.42. The van der Waals surface area contributed by atoms with Gasteiger partial charge in [0.15, 0.2) is 0 Å². The van der Waals surface area contributed by atoms with Gasteiger partial charge in [0.1, 0.15) is 6.10 Å². The number of rotatable bonds is 4. The Morgan fingerprint density at radius 2 is 2.21 bits per heavy atom. The number of ether oxygens (including phenoxy) is 1. The van der Waals surface area contributed by atoms with E-state index in [-0.39, 0.29) is 12.1 Å². The third-order valence-corrected chi connectivity index (χ3v) is 2.76. The molecule has 0 radical (unpaired) electrons. The van der Waals surface area contributed by atoms with E-state index in [1.807, 2.05) is 0 Å². The van der Waals surface area contributed by atoms with E-state index in [1.165, 1.54) is 12.8 Å². The van der Waals surface area contributed by atoms with Gasteiger partial charge in [0.05, 0.1) is 0 Å².